The predicted molar refractivity (Wildman–Crippen MR) is 87.2 cm³/mol. The lowest BCUT2D eigenvalue weighted by Gasteiger charge is -2.29. The van der Waals surface area contributed by atoms with Crippen molar-refractivity contribution in [3.63, 3.8) is 0 Å². The third-order valence-corrected chi connectivity index (χ3v) is 4.23. The monoisotopic (exact) mass is 291 g/mol. The van der Waals surface area contributed by atoms with Crippen molar-refractivity contribution in [2.45, 2.75) is 64.5 Å². The standard InChI is InChI=1S/C18H29NO2/c1-4-5-6-7-8-14(2)19-17-11-12-21-18-10-9-15(20-3)13-16(17)18/h9-10,13-14,17,19H,4-8,11-12H2,1-3H3. The molecule has 0 amide bonds. The van der Waals surface area contributed by atoms with Crippen LogP contribution in [-0.4, -0.2) is 19.8 Å². The molecule has 0 saturated carbocycles. The Balaban J connectivity index is 1.92. The molecule has 0 fully saturated rings. The second-order valence-corrected chi connectivity index (χ2v) is 6.01. The summed E-state index contributed by atoms with van der Waals surface area (Å²) in [4.78, 5) is 0. The molecule has 2 atom stereocenters. The molecule has 0 radical (unpaired) electrons. The highest BCUT2D eigenvalue weighted by molar-refractivity contribution is 5.43. The fourth-order valence-corrected chi connectivity index (χ4v) is 2.98. The third-order valence-electron chi connectivity index (χ3n) is 4.23. The molecule has 3 nitrogen and oxygen atoms in total. The van der Waals surface area contributed by atoms with E-state index < -0.39 is 0 Å². The molecule has 1 heterocycles. The lowest BCUT2D eigenvalue weighted by atomic mass is 9.98. The van der Waals surface area contributed by atoms with Crippen molar-refractivity contribution in [2.24, 2.45) is 0 Å². The van der Waals surface area contributed by atoms with E-state index in [1.807, 2.05) is 12.1 Å². The van der Waals surface area contributed by atoms with Gasteiger partial charge in [-0.15, -0.1) is 0 Å². The molecule has 0 spiro atoms. The molecule has 2 rings (SSSR count). The summed E-state index contributed by atoms with van der Waals surface area (Å²) < 4.78 is 11.1. The SMILES string of the molecule is CCCCCCC(C)NC1CCOc2ccc(OC)cc21. The Morgan fingerprint density at radius 3 is 2.95 bits per heavy atom. The van der Waals surface area contributed by atoms with E-state index in [9.17, 15) is 0 Å². The molecule has 1 aromatic carbocycles. The zero-order valence-corrected chi connectivity index (χ0v) is 13.7. The molecule has 0 aliphatic carbocycles. The Labute approximate surface area is 129 Å². The van der Waals surface area contributed by atoms with E-state index in [-0.39, 0.29) is 0 Å². The molecule has 3 heteroatoms. The van der Waals surface area contributed by atoms with Crippen LogP contribution in [0.2, 0.25) is 0 Å². The van der Waals surface area contributed by atoms with Gasteiger partial charge in [0.25, 0.3) is 0 Å². The number of fused-ring (bicyclic) bond motifs is 1. The van der Waals surface area contributed by atoms with E-state index in [0.29, 0.717) is 12.1 Å². The van der Waals surface area contributed by atoms with Crippen LogP contribution in [0, 0.1) is 0 Å². The van der Waals surface area contributed by atoms with E-state index in [1.54, 1.807) is 7.11 Å². The van der Waals surface area contributed by atoms with Gasteiger partial charge in [0, 0.05) is 24.1 Å². The van der Waals surface area contributed by atoms with Gasteiger partial charge in [-0.3, -0.25) is 0 Å². The summed E-state index contributed by atoms with van der Waals surface area (Å²) in [5, 5.41) is 3.77. The molecule has 1 aliphatic heterocycles. The average Bonchev–Trinajstić information content (AvgIpc) is 2.51. The van der Waals surface area contributed by atoms with E-state index in [0.717, 1.165) is 24.5 Å². The average molecular weight is 291 g/mol. The molecule has 118 valence electrons. The summed E-state index contributed by atoms with van der Waals surface area (Å²) in [6.07, 6.45) is 7.59. The van der Waals surface area contributed by atoms with E-state index in [4.69, 9.17) is 9.47 Å². The van der Waals surface area contributed by atoms with Gasteiger partial charge in [0.1, 0.15) is 11.5 Å². The van der Waals surface area contributed by atoms with Crippen LogP contribution in [-0.2, 0) is 0 Å². The first kappa shape index (κ1) is 16.2. The van der Waals surface area contributed by atoms with Gasteiger partial charge in [-0.1, -0.05) is 32.6 Å². The summed E-state index contributed by atoms with van der Waals surface area (Å²) in [6, 6.07) is 7.02. The maximum absolute atomic E-state index is 5.75. The number of rotatable bonds is 8. The van der Waals surface area contributed by atoms with Crippen LogP contribution in [0.15, 0.2) is 18.2 Å². The van der Waals surface area contributed by atoms with Gasteiger partial charge >= 0.3 is 0 Å². The minimum atomic E-state index is 0.380. The van der Waals surface area contributed by atoms with Crippen molar-refractivity contribution in [1.82, 2.24) is 5.32 Å². The molecular formula is C18H29NO2. The Kier molecular flexibility index (Phi) is 6.37. The molecule has 0 aromatic heterocycles. The Morgan fingerprint density at radius 1 is 1.33 bits per heavy atom. The Bertz CT molecular complexity index is 433. The van der Waals surface area contributed by atoms with Gasteiger partial charge in [-0.05, 0) is 31.5 Å². The smallest absolute Gasteiger partial charge is 0.124 e. The number of hydrogen-bond donors (Lipinski definition) is 1. The fourth-order valence-electron chi connectivity index (χ4n) is 2.98. The van der Waals surface area contributed by atoms with Crippen LogP contribution in [0.4, 0.5) is 0 Å². The van der Waals surface area contributed by atoms with Gasteiger partial charge in [-0.2, -0.15) is 0 Å². The lowest BCUT2D eigenvalue weighted by Crippen LogP contribution is -2.33. The summed E-state index contributed by atoms with van der Waals surface area (Å²) in [6.45, 7) is 5.34. The van der Waals surface area contributed by atoms with Gasteiger partial charge in [0.2, 0.25) is 0 Å². The van der Waals surface area contributed by atoms with Crippen molar-refractivity contribution in [1.29, 1.82) is 0 Å². The Morgan fingerprint density at radius 2 is 2.19 bits per heavy atom. The first-order valence-corrected chi connectivity index (χ1v) is 8.31. The second-order valence-electron chi connectivity index (χ2n) is 6.01. The van der Waals surface area contributed by atoms with E-state index >= 15 is 0 Å². The van der Waals surface area contributed by atoms with E-state index in [2.05, 4.69) is 25.2 Å². The second kappa shape index (κ2) is 8.28. The molecule has 0 bridgehead atoms. The predicted octanol–water partition coefficient (Wildman–Crippen LogP) is 4.47. The first-order chi connectivity index (χ1) is 10.2. The summed E-state index contributed by atoms with van der Waals surface area (Å²) >= 11 is 0. The molecule has 21 heavy (non-hydrogen) atoms. The molecule has 1 aromatic rings. The van der Waals surface area contributed by atoms with Crippen LogP contribution in [0.25, 0.3) is 0 Å². The van der Waals surface area contributed by atoms with Crippen molar-refractivity contribution in [3.05, 3.63) is 23.8 Å². The van der Waals surface area contributed by atoms with Crippen LogP contribution < -0.4 is 14.8 Å². The van der Waals surface area contributed by atoms with Gasteiger partial charge in [0.15, 0.2) is 0 Å². The highest BCUT2D eigenvalue weighted by Gasteiger charge is 2.23. The maximum Gasteiger partial charge on any atom is 0.124 e. The summed E-state index contributed by atoms with van der Waals surface area (Å²) in [5.74, 6) is 1.90. The number of nitrogens with one attached hydrogen (secondary N) is 1. The highest BCUT2D eigenvalue weighted by atomic mass is 16.5. The minimum Gasteiger partial charge on any atom is -0.497 e. The van der Waals surface area contributed by atoms with Crippen molar-refractivity contribution in [3.8, 4) is 11.5 Å². The van der Waals surface area contributed by atoms with Gasteiger partial charge in [0.05, 0.1) is 13.7 Å². The maximum atomic E-state index is 5.75. The topological polar surface area (TPSA) is 30.5 Å². The molecular weight excluding hydrogens is 262 g/mol. The zero-order chi connectivity index (χ0) is 15.1. The van der Waals surface area contributed by atoms with Crippen molar-refractivity contribution < 1.29 is 9.47 Å². The van der Waals surface area contributed by atoms with Crippen molar-refractivity contribution >= 4 is 0 Å². The molecule has 2 unspecified atom stereocenters. The van der Waals surface area contributed by atoms with Crippen LogP contribution in [0.3, 0.4) is 0 Å². The number of unbranched alkanes of at least 4 members (excludes halogenated alkanes) is 3. The zero-order valence-electron chi connectivity index (χ0n) is 13.7. The largest absolute Gasteiger partial charge is 0.497 e. The Hall–Kier alpha value is -1.22. The lowest BCUT2D eigenvalue weighted by molar-refractivity contribution is 0.242. The summed E-state index contributed by atoms with van der Waals surface area (Å²) in [7, 11) is 1.71. The quantitative estimate of drug-likeness (QED) is 0.717. The number of methoxy groups -OCH3 is 1. The van der Waals surface area contributed by atoms with Gasteiger partial charge < -0.3 is 14.8 Å². The first-order valence-electron chi connectivity index (χ1n) is 8.31. The molecule has 1 N–H and O–H groups in total. The molecule has 1 aliphatic rings. The van der Waals surface area contributed by atoms with Gasteiger partial charge in [-0.25, -0.2) is 0 Å². The van der Waals surface area contributed by atoms with Crippen LogP contribution in [0.1, 0.15) is 64.0 Å². The normalized spacial score (nSPS) is 18.7. The number of benzene rings is 1. The van der Waals surface area contributed by atoms with Crippen LogP contribution in [0.5, 0.6) is 11.5 Å². The van der Waals surface area contributed by atoms with Crippen molar-refractivity contribution in [2.75, 3.05) is 13.7 Å². The molecule has 0 saturated heterocycles. The number of ether oxygens (including phenoxy) is 2. The fraction of sp³-hybridized carbons (Fsp3) is 0.667. The number of hydrogen-bond acceptors (Lipinski definition) is 3. The highest BCUT2D eigenvalue weighted by Crippen LogP contribution is 2.35. The third kappa shape index (κ3) is 4.63. The van der Waals surface area contributed by atoms with Crippen LogP contribution >= 0.6 is 0 Å². The van der Waals surface area contributed by atoms with E-state index in [1.165, 1.54) is 37.7 Å². The summed E-state index contributed by atoms with van der Waals surface area (Å²) in [5.41, 5.74) is 1.24. The minimum absolute atomic E-state index is 0.380.